The summed E-state index contributed by atoms with van der Waals surface area (Å²) in [5.41, 5.74) is 0.752. The van der Waals surface area contributed by atoms with Crippen LogP contribution in [0, 0.1) is 12.7 Å². The van der Waals surface area contributed by atoms with Crippen LogP contribution in [0.2, 0.25) is 0 Å². The highest BCUT2D eigenvalue weighted by Gasteiger charge is 2.24. The first-order valence-corrected chi connectivity index (χ1v) is 7.11. The molecule has 0 saturated carbocycles. The van der Waals surface area contributed by atoms with E-state index in [4.69, 9.17) is 4.42 Å². The van der Waals surface area contributed by atoms with Gasteiger partial charge in [0.1, 0.15) is 16.5 Å². The standard InChI is InChI=1S/C13H14FNO3S/c1-10-11(7-8-18-10)9-15(2)19(16,17)13-6-4-3-5-12(13)14/h3-8H,9H2,1-2H3. The lowest BCUT2D eigenvalue weighted by Gasteiger charge is -2.17. The number of hydrogen-bond donors (Lipinski definition) is 0. The summed E-state index contributed by atoms with van der Waals surface area (Å²) in [6, 6.07) is 7.03. The number of furan rings is 1. The molecule has 0 atom stereocenters. The quantitative estimate of drug-likeness (QED) is 0.866. The lowest BCUT2D eigenvalue weighted by Crippen LogP contribution is -2.27. The number of hydrogen-bond acceptors (Lipinski definition) is 3. The minimum absolute atomic E-state index is 0.138. The summed E-state index contributed by atoms with van der Waals surface area (Å²) < 4.78 is 44.3. The van der Waals surface area contributed by atoms with Gasteiger partial charge in [0.25, 0.3) is 0 Å². The Balaban J connectivity index is 2.30. The van der Waals surface area contributed by atoms with E-state index in [1.165, 1.54) is 31.5 Å². The zero-order chi connectivity index (χ0) is 14.0. The van der Waals surface area contributed by atoms with Crippen LogP contribution in [0.5, 0.6) is 0 Å². The average Bonchev–Trinajstić information content (AvgIpc) is 2.75. The van der Waals surface area contributed by atoms with Crippen molar-refractivity contribution in [1.82, 2.24) is 4.31 Å². The maximum Gasteiger partial charge on any atom is 0.246 e. The van der Waals surface area contributed by atoms with Crippen molar-refractivity contribution in [2.75, 3.05) is 7.05 Å². The largest absolute Gasteiger partial charge is 0.469 e. The van der Waals surface area contributed by atoms with Gasteiger partial charge in [-0.3, -0.25) is 0 Å². The second-order valence-electron chi connectivity index (χ2n) is 4.19. The van der Waals surface area contributed by atoms with E-state index in [0.717, 1.165) is 15.9 Å². The van der Waals surface area contributed by atoms with E-state index in [2.05, 4.69) is 0 Å². The summed E-state index contributed by atoms with van der Waals surface area (Å²) >= 11 is 0. The highest BCUT2D eigenvalue weighted by molar-refractivity contribution is 7.89. The number of aryl methyl sites for hydroxylation is 1. The lowest BCUT2D eigenvalue weighted by molar-refractivity contribution is 0.453. The Hall–Kier alpha value is -1.66. The van der Waals surface area contributed by atoms with Crippen LogP contribution in [-0.4, -0.2) is 19.8 Å². The predicted octanol–water partition coefficient (Wildman–Crippen LogP) is 2.55. The predicted molar refractivity (Wildman–Crippen MR) is 68.5 cm³/mol. The van der Waals surface area contributed by atoms with Gasteiger partial charge in [-0.25, -0.2) is 12.8 Å². The fraction of sp³-hybridized carbons (Fsp3) is 0.231. The van der Waals surface area contributed by atoms with Crippen molar-refractivity contribution in [2.45, 2.75) is 18.4 Å². The second kappa shape index (κ2) is 5.14. The van der Waals surface area contributed by atoms with Crippen LogP contribution in [0.1, 0.15) is 11.3 Å². The number of halogens is 1. The average molecular weight is 283 g/mol. The number of nitrogens with zero attached hydrogens (tertiary/aromatic N) is 1. The first-order chi connectivity index (χ1) is 8.93. The molecular weight excluding hydrogens is 269 g/mol. The molecule has 0 aliphatic heterocycles. The number of rotatable bonds is 4. The summed E-state index contributed by atoms with van der Waals surface area (Å²) in [5.74, 6) is -0.103. The van der Waals surface area contributed by atoms with Gasteiger partial charge < -0.3 is 4.42 Å². The molecule has 0 radical (unpaired) electrons. The van der Waals surface area contributed by atoms with Crippen LogP contribution < -0.4 is 0 Å². The summed E-state index contributed by atoms with van der Waals surface area (Å²) in [6.45, 7) is 1.89. The van der Waals surface area contributed by atoms with Crippen LogP contribution in [0.4, 0.5) is 4.39 Å². The Bertz CT molecular complexity index is 679. The van der Waals surface area contributed by atoms with Crippen molar-refractivity contribution in [1.29, 1.82) is 0 Å². The Kier molecular flexibility index (Phi) is 3.73. The first kappa shape index (κ1) is 13.8. The van der Waals surface area contributed by atoms with Gasteiger partial charge in [-0.1, -0.05) is 12.1 Å². The molecule has 1 heterocycles. The van der Waals surface area contributed by atoms with Crippen LogP contribution in [0.25, 0.3) is 0 Å². The van der Waals surface area contributed by atoms with Crippen LogP contribution in [0.15, 0.2) is 45.9 Å². The Morgan fingerprint density at radius 3 is 2.53 bits per heavy atom. The molecule has 4 nitrogen and oxygen atoms in total. The normalized spacial score (nSPS) is 12.0. The molecule has 0 fully saturated rings. The van der Waals surface area contributed by atoms with Crippen molar-refractivity contribution >= 4 is 10.0 Å². The Labute approximate surface area is 111 Å². The minimum Gasteiger partial charge on any atom is -0.469 e. The van der Waals surface area contributed by atoms with Gasteiger partial charge >= 0.3 is 0 Å². The van der Waals surface area contributed by atoms with Crippen LogP contribution in [0.3, 0.4) is 0 Å². The molecule has 19 heavy (non-hydrogen) atoms. The van der Waals surface area contributed by atoms with Crippen LogP contribution in [-0.2, 0) is 16.6 Å². The highest BCUT2D eigenvalue weighted by atomic mass is 32.2. The van der Waals surface area contributed by atoms with E-state index in [0.29, 0.717) is 5.76 Å². The van der Waals surface area contributed by atoms with Crippen molar-refractivity contribution < 1.29 is 17.2 Å². The van der Waals surface area contributed by atoms with Gasteiger partial charge in [0.05, 0.1) is 6.26 Å². The second-order valence-corrected chi connectivity index (χ2v) is 6.21. The van der Waals surface area contributed by atoms with E-state index in [-0.39, 0.29) is 11.4 Å². The van der Waals surface area contributed by atoms with Crippen molar-refractivity contribution in [2.24, 2.45) is 0 Å². The molecule has 1 aromatic heterocycles. The summed E-state index contributed by atoms with van der Waals surface area (Å²) in [6.07, 6.45) is 1.49. The van der Waals surface area contributed by atoms with E-state index >= 15 is 0 Å². The molecule has 0 unspecified atom stereocenters. The summed E-state index contributed by atoms with van der Waals surface area (Å²) in [4.78, 5) is -0.321. The van der Waals surface area contributed by atoms with Gasteiger partial charge in [-0.15, -0.1) is 0 Å². The number of sulfonamides is 1. The molecule has 0 aliphatic rings. The van der Waals surface area contributed by atoms with Gasteiger partial charge in [0, 0.05) is 19.2 Å². The monoisotopic (exact) mass is 283 g/mol. The topological polar surface area (TPSA) is 50.5 Å². The maximum absolute atomic E-state index is 13.6. The highest BCUT2D eigenvalue weighted by Crippen LogP contribution is 2.20. The Morgan fingerprint density at radius 1 is 1.26 bits per heavy atom. The summed E-state index contributed by atoms with van der Waals surface area (Å²) in [5, 5.41) is 0. The maximum atomic E-state index is 13.6. The molecule has 6 heteroatoms. The third kappa shape index (κ3) is 2.69. The minimum atomic E-state index is -3.85. The number of benzene rings is 1. The smallest absolute Gasteiger partial charge is 0.246 e. The van der Waals surface area contributed by atoms with Crippen molar-refractivity contribution in [3.63, 3.8) is 0 Å². The fourth-order valence-corrected chi connectivity index (χ4v) is 2.93. The molecule has 0 N–H and O–H groups in total. The third-order valence-corrected chi connectivity index (χ3v) is 4.72. The zero-order valence-corrected chi connectivity index (χ0v) is 11.4. The molecule has 1 aromatic carbocycles. The molecular formula is C13H14FNO3S. The zero-order valence-electron chi connectivity index (χ0n) is 10.6. The van der Waals surface area contributed by atoms with E-state index in [1.807, 2.05) is 0 Å². The van der Waals surface area contributed by atoms with Gasteiger partial charge in [-0.2, -0.15) is 4.31 Å². The molecule has 0 bridgehead atoms. The Morgan fingerprint density at radius 2 is 1.95 bits per heavy atom. The fourth-order valence-electron chi connectivity index (χ4n) is 1.72. The lowest BCUT2D eigenvalue weighted by atomic mass is 10.3. The molecule has 2 aromatic rings. The van der Waals surface area contributed by atoms with Gasteiger partial charge in [0.2, 0.25) is 10.0 Å². The van der Waals surface area contributed by atoms with Crippen LogP contribution >= 0.6 is 0 Å². The molecule has 0 aliphatic carbocycles. The summed E-state index contributed by atoms with van der Waals surface area (Å²) in [7, 11) is -2.43. The van der Waals surface area contributed by atoms with E-state index in [1.54, 1.807) is 13.0 Å². The third-order valence-electron chi connectivity index (χ3n) is 2.88. The van der Waals surface area contributed by atoms with E-state index < -0.39 is 15.8 Å². The molecule has 0 spiro atoms. The SMILES string of the molecule is Cc1occc1CN(C)S(=O)(=O)c1ccccc1F. The molecule has 102 valence electrons. The first-order valence-electron chi connectivity index (χ1n) is 5.67. The van der Waals surface area contributed by atoms with Gasteiger partial charge in [0.15, 0.2) is 0 Å². The molecule has 0 amide bonds. The molecule has 2 rings (SSSR count). The van der Waals surface area contributed by atoms with Gasteiger partial charge in [-0.05, 0) is 25.1 Å². The van der Waals surface area contributed by atoms with Crippen molar-refractivity contribution in [3.05, 3.63) is 53.7 Å². The van der Waals surface area contributed by atoms with E-state index in [9.17, 15) is 12.8 Å². The molecule has 0 saturated heterocycles. The van der Waals surface area contributed by atoms with Crippen molar-refractivity contribution in [3.8, 4) is 0 Å².